The van der Waals surface area contributed by atoms with Crippen LogP contribution in [-0.4, -0.2) is 74.7 Å². The average molecular weight is 505 g/mol. The van der Waals surface area contributed by atoms with Crippen molar-refractivity contribution in [1.29, 1.82) is 0 Å². The van der Waals surface area contributed by atoms with Gasteiger partial charge < -0.3 is 20.4 Å². The summed E-state index contributed by atoms with van der Waals surface area (Å²) in [5.41, 5.74) is 1.13. The first-order chi connectivity index (χ1) is 13.2. The molecule has 1 saturated heterocycles. The zero-order chi connectivity index (χ0) is 19.3. The fourth-order valence-electron chi connectivity index (χ4n) is 3.29. The molecule has 0 atom stereocenters. The van der Waals surface area contributed by atoms with E-state index in [9.17, 15) is 4.39 Å². The summed E-state index contributed by atoms with van der Waals surface area (Å²) in [5, 5.41) is 6.66. The van der Waals surface area contributed by atoms with Crippen molar-refractivity contribution in [2.24, 2.45) is 4.99 Å². The maximum absolute atomic E-state index is 12.9. The van der Waals surface area contributed by atoms with E-state index in [-0.39, 0.29) is 29.8 Å². The fourth-order valence-corrected chi connectivity index (χ4v) is 3.29. The number of likely N-dealkylation sites (N-methyl/N-ethyl adjacent to an activating group) is 1. The quantitative estimate of drug-likeness (QED) is 0.222. The van der Waals surface area contributed by atoms with Crippen molar-refractivity contribution in [1.82, 2.24) is 20.4 Å². The largest absolute Gasteiger partial charge is 0.357 e. The summed E-state index contributed by atoms with van der Waals surface area (Å²) in [5.74, 6) is 0.685. The molecule has 0 bridgehead atoms. The Balaban J connectivity index is 0.00000392. The van der Waals surface area contributed by atoms with Crippen LogP contribution in [0.2, 0.25) is 0 Å². The first-order valence-electron chi connectivity index (χ1n) is 10.4. The van der Waals surface area contributed by atoms with Crippen LogP contribution in [0.1, 0.15) is 32.3 Å². The summed E-state index contributed by atoms with van der Waals surface area (Å²) >= 11 is 0. The summed E-state index contributed by atoms with van der Waals surface area (Å²) in [4.78, 5) is 9.76. The molecule has 1 aliphatic rings. The Hall–Kier alpha value is -0.930. The Morgan fingerprint density at radius 3 is 2.32 bits per heavy atom. The first-order valence-corrected chi connectivity index (χ1v) is 10.4. The van der Waals surface area contributed by atoms with Gasteiger partial charge in [-0.05, 0) is 57.0 Å². The predicted molar refractivity (Wildman–Crippen MR) is 127 cm³/mol. The number of guanidine groups is 1. The molecule has 7 heteroatoms. The third kappa shape index (κ3) is 10.0. The topological polar surface area (TPSA) is 42.9 Å². The van der Waals surface area contributed by atoms with Crippen molar-refractivity contribution in [3.8, 4) is 0 Å². The van der Waals surface area contributed by atoms with Gasteiger partial charge in [0.05, 0.1) is 0 Å². The van der Waals surface area contributed by atoms with Crippen molar-refractivity contribution in [2.45, 2.75) is 33.1 Å². The molecule has 0 saturated carbocycles. The van der Waals surface area contributed by atoms with E-state index < -0.39 is 0 Å². The molecule has 0 aliphatic carbocycles. The van der Waals surface area contributed by atoms with Crippen LogP contribution in [-0.2, 0) is 6.42 Å². The SMILES string of the molecule is CCNC(=NCCCCN1CCN(CC)CC1)NCCc1ccc(F)cc1.I. The lowest BCUT2D eigenvalue weighted by Gasteiger charge is -2.33. The minimum Gasteiger partial charge on any atom is -0.357 e. The summed E-state index contributed by atoms with van der Waals surface area (Å²) < 4.78 is 12.9. The molecule has 0 unspecified atom stereocenters. The molecule has 0 amide bonds. The lowest BCUT2D eigenvalue weighted by Crippen LogP contribution is -2.46. The third-order valence-corrected chi connectivity index (χ3v) is 5.03. The van der Waals surface area contributed by atoms with E-state index in [2.05, 4.69) is 39.3 Å². The average Bonchev–Trinajstić information content (AvgIpc) is 2.69. The predicted octanol–water partition coefficient (Wildman–Crippen LogP) is 2.96. The number of nitrogens with one attached hydrogen (secondary N) is 2. The number of rotatable bonds is 10. The summed E-state index contributed by atoms with van der Waals surface area (Å²) in [6.45, 7) is 14.0. The van der Waals surface area contributed by atoms with Gasteiger partial charge in [-0.3, -0.25) is 4.99 Å². The molecule has 5 nitrogen and oxygen atoms in total. The van der Waals surface area contributed by atoms with Crippen LogP contribution in [0.3, 0.4) is 0 Å². The maximum Gasteiger partial charge on any atom is 0.191 e. The highest BCUT2D eigenvalue weighted by Crippen LogP contribution is 2.04. The number of hydrogen-bond donors (Lipinski definition) is 2. The van der Waals surface area contributed by atoms with Crippen molar-refractivity contribution in [3.05, 3.63) is 35.6 Å². The lowest BCUT2D eigenvalue weighted by atomic mass is 10.1. The molecular formula is C21H37FIN5. The van der Waals surface area contributed by atoms with Crippen molar-refractivity contribution < 1.29 is 4.39 Å². The zero-order valence-corrected chi connectivity index (χ0v) is 19.8. The molecular weight excluding hydrogens is 468 g/mol. The van der Waals surface area contributed by atoms with Crippen LogP contribution in [0.5, 0.6) is 0 Å². The van der Waals surface area contributed by atoms with Gasteiger partial charge in [-0.1, -0.05) is 19.1 Å². The van der Waals surface area contributed by atoms with E-state index in [1.807, 2.05) is 12.1 Å². The van der Waals surface area contributed by atoms with Gasteiger partial charge in [-0.15, -0.1) is 24.0 Å². The smallest absolute Gasteiger partial charge is 0.191 e. The molecule has 0 spiro atoms. The van der Waals surface area contributed by atoms with Gasteiger partial charge in [-0.2, -0.15) is 0 Å². The van der Waals surface area contributed by atoms with Gasteiger partial charge in [0.25, 0.3) is 0 Å². The van der Waals surface area contributed by atoms with Gasteiger partial charge in [-0.25, -0.2) is 4.39 Å². The molecule has 0 aromatic heterocycles. The normalized spacial score (nSPS) is 15.9. The highest BCUT2D eigenvalue weighted by molar-refractivity contribution is 14.0. The van der Waals surface area contributed by atoms with E-state index in [0.717, 1.165) is 44.0 Å². The highest BCUT2D eigenvalue weighted by Gasteiger charge is 2.14. The Bertz CT molecular complexity index is 544. The monoisotopic (exact) mass is 505 g/mol. The van der Waals surface area contributed by atoms with E-state index in [0.29, 0.717) is 0 Å². The van der Waals surface area contributed by atoms with E-state index in [1.54, 1.807) is 0 Å². The van der Waals surface area contributed by atoms with Crippen LogP contribution in [0.25, 0.3) is 0 Å². The first kappa shape index (κ1) is 25.1. The second-order valence-electron chi connectivity index (χ2n) is 7.05. The number of benzene rings is 1. The van der Waals surface area contributed by atoms with Gasteiger partial charge in [0.1, 0.15) is 5.82 Å². The second-order valence-corrected chi connectivity index (χ2v) is 7.05. The molecule has 28 heavy (non-hydrogen) atoms. The van der Waals surface area contributed by atoms with Crippen molar-refractivity contribution >= 4 is 29.9 Å². The number of hydrogen-bond acceptors (Lipinski definition) is 3. The van der Waals surface area contributed by atoms with E-state index in [4.69, 9.17) is 0 Å². The van der Waals surface area contributed by atoms with Crippen molar-refractivity contribution in [2.75, 3.05) is 58.9 Å². The Morgan fingerprint density at radius 2 is 1.68 bits per heavy atom. The summed E-state index contributed by atoms with van der Waals surface area (Å²) in [7, 11) is 0. The standard InChI is InChI=1S/C21H36FN5.HI/c1-3-23-21(25-13-11-19-7-9-20(22)10-8-19)24-12-5-6-14-27-17-15-26(4-2)16-18-27;/h7-10H,3-6,11-18H2,1-2H3,(H2,23,24,25);1H. The molecule has 2 N–H and O–H groups in total. The second kappa shape index (κ2) is 15.0. The number of piperazine rings is 1. The minimum atomic E-state index is -0.186. The number of aliphatic imine (C=N–C) groups is 1. The molecule has 0 radical (unpaired) electrons. The van der Waals surface area contributed by atoms with Crippen LogP contribution in [0, 0.1) is 5.82 Å². The molecule has 2 rings (SSSR count). The molecule has 1 aromatic carbocycles. The number of halogens is 2. The van der Waals surface area contributed by atoms with Gasteiger partial charge in [0.2, 0.25) is 0 Å². The van der Waals surface area contributed by atoms with Crippen LogP contribution >= 0.6 is 24.0 Å². The van der Waals surface area contributed by atoms with Crippen LogP contribution in [0.4, 0.5) is 4.39 Å². The molecule has 1 aliphatic heterocycles. The Labute approximate surface area is 187 Å². The summed E-state index contributed by atoms with van der Waals surface area (Å²) in [6, 6.07) is 6.69. The zero-order valence-electron chi connectivity index (χ0n) is 17.4. The Morgan fingerprint density at radius 1 is 1.00 bits per heavy atom. The highest BCUT2D eigenvalue weighted by atomic mass is 127. The molecule has 1 aromatic rings. The Kier molecular flexibility index (Phi) is 13.4. The van der Waals surface area contributed by atoms with Gasteiger partial charge in [0.15, 0.2) is 5.96 Å². The van der Waals surface area contributed by atoms with Gasteiger partial charge in [0, 0.05) is 45.8 Å². The van der Waals surface area contributed by atoms with Gasteiger partial charge >= 0.3 is 0 Å². The maximum atomic E-state index is 12.9. The summed E-state index contributed by atoms with van der Waals surface area (Å²) in [6.07, 6.45) is 3.17. The number of unbranched alkanes of at least 4 members (excludes halogenated alkanes) is 1. The number of nitrogens with zero attached hydrogens (tertiary/aromatic N) is 3. The molecule has 160 valence electrons. The van der Waals surface area contributed by atoms with E-state index in [1.165, 1.54) is 57.8 Å². The third-order valence-electron chi connectivity index (χ3n) is 5.03. The fraction of sp³-hybridized carbons (Fsp3) is 0.667. The molecule has 1 fully saturated rings. The van der Waals surface area contributed by atoms with Crippen LogP contribution in [0.15, 0.2) is 29.3 Å². The van der Waals surface area contributed by atoms with Crippen LogP contribution < -0.4 is 10.6 Å². The van der Waals surface area contributed by atoms with E-state index >= 15 is 0 Å². The minimum absolute atomic E-state index is 0. The molecule has 1 heterocycles. The lowest BCUT2D eigenvalue weighted by molar-refractivity contribution is 0.136. The van der Waals surface area contributed by atoms with Crippen molar-refractivity contribution in [3.63, 3.8) is 0 Å².